The average Bonchev–Trinajstić information content (AvgIpc) is 3.84. The summed E-state index contributed by atoms with van der Waals surface area (Å²) in [7, 11) is 0.945. The van der Waals surface area contributed by atoms with Crippen molar-refractivity contribution >= 4 is 42.6 Å². The van der Waals surface area contributed by atoms with Crippen LogP contribution in [0.15, 0.2) is 103 Å². The van der Waals surface area contributed by atoms with Crippen LogP contribution in [0, 0.1) is 5.92 Å². The number of hydrogen-bond donors (Lipinski definition) is 1. The number of para-hydroxylation sites is 1. The largest absolute Gasteiger partial charge is 0.497 e. The summed E-state index contributed by atoms with van der Waals surface area (Å²) >= 11 is 0. The Morgan fingerprint density at radius 2 is 1.63 bits per heavy atom. The van der Waals surface area contributed by atoms with Crippen molar-refractivity contribution in [3.05, 3.63) is 120 Å². The smallest absolute Gasteiger partial charge is 0.264 e. The molecule has 11 nitrogen and oxygen atoms in total. The number of aliphatic hydroxyl groups excluding tert-OH is 1. The maximum Gasteiger partial charge on any atom is 0.264 e. The quantitative estimate of drug-likeness (QED) is 0.109. The number of anilines is 3. The molecule has 1 fully saturated rings. The van der Waals surface area contributed by atoms with Crippen LogP contribution in [0.3, 0.4) is 0 Å². The van der Waals surface area contributed by atoms with Gasteiger partial charge in [-0.25, -0.2) is 0 Å². The normalized spacial score (nSPS) is 20.7. The first-order valence-corrected chi connectivity index (χ1v) is 21.4. The van der Waals surface area contributed by atoms with Gasteiger partial charge in [0.05, 0.1) is 46.3 Å². The number of carbonyl (C=O) groups is 2. The number of nitrogens with zero attached hydrogens (tertiary/aromatic N) is 5. The highest BCUT2D eigenvalue weighted by molar-refractivity contribution is 6.91. The minimum atomic E-state index is -2.36. The predicted octanol–water partition coefficient (Wildman–Crippen LogP) is 5.98. The Balaban J connectivity index is 1.25. The minimum absolute atomic E-state index is 0.00465. The van der Waals surface area contributed by atoms with Crippen LogP contribution < -0.4 is 24.5 Å². The number of amides is 2. The molecule has 0 saturated carbocycles. The molecule has 1 saturated heterocycles. The Labute approximate surface area is 317 Å². The summed E-state index contributed by atoms with van der Waals surface area (Å²) in [6.07, 6.45) is 3.46. The second-order valence-corrected chi connectivity index (χ2v) is 19.3. The van der Waals surface area contributed by atoms with Gasteiger partial charge in [-0.2, -0.15) is 0 Å². The van der Waals surface area contributed by atoms with Crippen LogP contribution in [0.25, 0.3) is 0 Å². The molecule has 0 aliphatic carbocycles. The van der Waals surface area contributed by atoms with E-state index in [4.69, 9.17) is 14.2 Å². The molecule has 280 valence electrons. The van der Waals surface area contributed by atoms with E-state index >= 15 is 4.79 Å². The van der Waals surface area contributed by atoms with E-state index < -0.39 is 13.7 Å². The van der Waals surface area contributed by atoms with Crippen molar-refractivity contribution in [1.29, 1.82) is 0 Å². The topological polar surface area (TPSA) is 119 Å². The summed E-state index contributed by atoms with van der Waals surface area (Å²) in [6, 6.07) is 31.4. The van der Waals surface area contributed by atoms with Gasteiger partial charge in [0.1, 0.15) is 11.5 Å². The molecular weight excluding hydrogens is 699 g/mol. The molecule has 0 radical (unpaired) electrons. The minimum Gasteiger partial charge on any atom is -0.497 e. The lowest BCUT2D eigenvalue weighted by atomic mass is 9.82. The lowest BCUT2D eigenvalue weighted by Gasteiger charge is -2.37. The summed E-state index contributed by atoms with van der Waals surface area (Å²) in [4.78, 5) is 30.8. The van der Waals surface area contributed by atoms with Gasteiger partial charge in [0.25, 0.3) is 5.91 Å². The van der Waals surface area contributed by atoms with Gasteiger partial charge in [-0.1, -0.05) is 72.9 Å². The molecular formula is C42H47N5O6Si. The summed E-state index contributed by atoms with van der Waals surface area (Å²) < 4.78 is 20.3. The SMILES string of the molecule is COc1ccc([Si](C)(C)[C@@H]2[C@@H](CCn3cc(CCO)nn3)O[C@]3(C(=O)N(Cc4ccc(N(C=O)c5ccccc5)cc4)c4ccc(OC)cc43)[C@H]2C)cc1. The fourth-order valence-corrected chi connectivity index (χ4v) is 12.6. The third-order valence-corrected chi connectivity index (χ3v) is 15.7. The van der Waals surface area contributed by atoms with E-state index in [9.17, 15) is 9.90 Å². The summed E-state index contributed by atoms with van der Waals surface area (Å²) in [6.45, 7) is 7.78. The second kappa shape index (κ2) is 15.2. The highest BCUT2D eigenvalue weighted by Gasteiger charge is 2.66. The monoisotopic (exact) mass is 745 g/mol. The molecule has 7 rings (SSSR count). The van der Waals surface area contributed by atoms with E-state index in [0.29, 0.717) is 31.7 Å². The van der Waals surface area contributed by atoms with E-state index in [0.717, 1.165) is 46.0 Å². The number of rotatable bonds is 14. The van der Waals surface area contributed by atoms with Crippen molar-refractivity contribution in [3.8, 4) is 11.5 Å². The highest BCUT2D eigenvalue weighted by Crippen LogP contribution is 2.60. The van der Waals surface area contributed by atoms with Gasteiger partial charge >= 0.3 is 0 Å². The van der Waals surface area contributed by atoms with Crippen LogP contribution in [0.5, 0.6) is 11.5 Å². The molecule has 1 N–H and O–H groups in total. The number of aliphatic hydroxyl groups is 1. The van der Waals surface area contributed by atoms with Crippen molar-refractivity contribution in [2.24, 2.45) is 5.92 Å². The number of aromatic nitrogens is 3. The Hall–Kier alpha value is -5.30. The molecule has 4 aromatic carbocycles. The number of aryl methyl sites for hydroxylation is 1. The molecule has 2 aliphatic rings. The van der Waals surface area contributed by atoms with Crippen LogP contribution in [0.1, 0.15) is 30.2 Å². The number of benzene rings is 4. The third kappa shape index (κ3) is 6.58. The van der Waals surface area contributed by atoms with Gasteiger partial charge in [0, 0.05) is 48.6 Å². The molecule has 12 heteroatoms. The van der Waals surface area contributed by atoms with Gasteiger partial charge in [-0.3, -0.25) is 19.2 Å². The molecule has 4 atom stereocenters. The van der Waals surface area contributed by atoms with Crippen molar-refractivity contribution in [1.82, 2.24) is 15.0 Å². The van der Waals surface area contributed by atoms with Crippen LogP contribution in [-0.2, 0) is 39.4 Å². The molecule has 0 bridgehead atoms. The van der Waals surface area contributed by atoms with Gasteiger partial charge < -0.3 is 24.2 Å². The van der Waals surface area contributed by atoms with Gasteiger partial charge in [-0.15, -0.1) is 5.10 Å². The van der Waals surface area contributed by atoms with E-state index in [1.165, 1.54) is 5.19 Å². The molecule has 3 heterocycles. The lowest BCUT2D eigenvalue weighted by molar-refractivity contribution is -0.146. The van der Waals surface area contributed by atoms with E-state index in [2.05, 4.69) is 42.5 Å². The summed E-state index contributed by atoms with van der Waals surface area (Å²) in [5, 5.41) is 19.2. The van der Waals surface area contributed by atoms with E-state index in [1.807, 2.05) is 96.0 Å². The fourth-order valence-electron chi connectivity index (χ4n) is 8.59. The van der Waals surface area contributed by atoms with Crippen molar-refractivity contribution < 1.29 is 28.9 Å². The lowest BCUT2D eigenvalue weighted by Crippen LogP contribution is -2.51. The van der Waals surface area contributed by atoms with Crippen LogP contribution >= 0.6 is 0 Å². The fraction of sp³-hybridized carbons (Fsp3) is 0.333. The second-order valence-electron chi connectivity index (χ2n) is 14.6. The average molecular weight is 746 g/mol. The Bertz CT molecular complexity index is 2090. The number of fused-ring (bicyclic) bond motifs is 2. The molecule has 0 unspecified atom stereocenters. The zero-order chi connectivity index (χ0) is 38.0. The van der Waals surface area contributed by atoms with Crippen LogP contribution in [-0.4, -0.2) is 67.4 Å². The van der Waals surface area contributed by atoms with Crippen LogP contribution in [0.2, 0.25) is 18.6 Å². The molecule has 1 spiro atoms. The number of carbonyl (C=O) groups excluding carboxylic acids is 2. The van der Waals surface area contributed by atoms with E-state index in [-0.39, 0.29) is 30.1 Å². The Morgan fingerprint density at radius 3 is 2.30 bits per heavy atom. The number of hydrogen-bond acceptors (Lipinski definition) is 8. The summed E-state index contributed by atoms with van der Waals surface area (Å²) in [5.74, 6) is 1.17. The summed E-state index contributed by atoms with van der Waals surface area (Å²) in [5.41, 5.74) is 3.55. The van der Waals surface area contributed by atoms with Gasteiger partial charge in [-0.05, 0) is 72.1 Å². The zero-order valence-corrected chi connectivity index (χ0v) is 32.4. The first-order valence-electron chi connectivity index (χ1n) is 18.4. The van der Waals surface area contributed by atoms with Gasteiger partial charge in [0.2, 0.25) is 6.41 Å². The van der Waals surface area contributed by atoms with E-state index in [1.54, 1.807) is 23.8 Å². The van der Waals surface area contributed by atoms with Crippen molar-refractivity contribution in [3.63, 3.8) is 0 Å². The van der Waals surface area contributed by atoms with Crippen molar-refractivity contribution in [2.75, 3.05) is 30.6 Å². The first kappa shape index (κ1) is 37.0. The molecule has 2 amide bonds. The maximum atomic E-state index is 15.2. The maximum absolute atomic E-state index is 15.2. The molecule has 5 aromatic rings. The third-order valence-electron chi connectivity index (χ3n) is 11.3. The van der Waals surface area contributed by atoms with Crippen LogP contribution in [0.4, 0.5) is 17.1 Å². The molecule has 54 heavy (non-hydrogen) atoms. The highest BCUT2D eigenvalue weighted by atomic mass is 28.3. The zero-order valence-electron chi connectivity index (χ0n) is 31.4. The first-order chi connectivity index (χ1) is 26.1. The predicted molar refractivity (Wildman–Crippen MR) is 210 cm³/mol. The Morgan fingerprint density at radius 1 is 0.944 bits per heavy atom. The standard InChI is InChI=1S/C42H47N5O6Si/c1-29-40(54(4,5)36-18-15-34(51-2)16-19-36)39(21-23-45-27-31(22-24-48)43-44-45)53-42(29)37-25-35(52-3)17-20-38(37)46(41(42)50)26-30-11-13-33(14-12-30)47(28-49)32-9-7-6-8-10-32/h6-20,25,27-29,39-40,48H,21-24,26H2,1-5H3/t29-,39+,40-,42+/m0/s1. The number of methoxy groups -OCH3 is 2. The molecule has 2 aliphatic heterocycles. The molecule has 1 aromatic heterocycles. The Kier molecular flexibility index (Phi) is 10.4. The van der Waals surface area contributed by atoms with Crippen molar-refractivity contribution in [2.45, 2.75) is 63.2 Å². The number of ether oxygens (including phenoxy) is 3. The van der Waals surface area contributed by atoms with Gasteiger partial charge in [0.15, 0.2) is 5.60 Å².